The first-order valence-electron chi connectivity index (χ1n) is 7.39. The predicted molar refractivity (Wildman–Crippen MR) is 76.3 cm³/mol. The van der Waals surface area contributed by atoms with Gasteiger partial charge < -0.3 is 9.80 Å². The van der Waals surface area contributed by atoms with Crippen LogP contribution in [-0.2, 0) is 4.79 Å². The second-order valence-corrected chi connectivity index (χ2v) is 5.64. The fourth-order valence-electron chi connectivity index (χ4n) is 2.92. The van der Waals surface area contributed by atoms with Crippen molar-refractivity contribution in [1.29, 1.82) is 0 Å². The molecule has 0 N–H and O–H groups in total. The molecule has 4 heteroatoms. The lowest BCUT2D eigenvalue weighted by Crippen LogP contribution is -2.50. The Bertz CT molecular complexity index is 496. The summed E-state index contributed by atoms with van der Waals surface area (Å²) in [6.07, 6.45) is 2.95. The van der Waals surface area contributed by atoms with Crippen molar-refractivity contribution in [1.82, 2.24) is 9.80 Å². The Morgan fingerprint density at radius 1 is 0.950 bits per heavy atom. The van der Waals surface area contributed by atoms with Crippen molar-refractivity contribution < 1.29 is 9.59 Å². The van der Waals surface area contributed by atoms with Crippen molar-refractivity contribution >= 4 is 11.8 Å². The van der Waals surface area contributed by atoms with Crippen molar-refractivity contribution in [2.24, 2.45) is 5.92 Å². The molecule has 1 unspecified atom stereocenters. The average Bonchev–Trinajstić information content (AvgIpc) is 2.46. The number of rotatable bonds is 2. The first-order valence-corrected chi connectivity index (χ1v) is 7.39. The Hall–Kier alpha value is -1.84. The van der Waals surface area contributed by atoms with Gasteiger partial charge in [-0.3, -0.25) is 9.59 Å². The maximum absolute atomic E-state index is 12.4. The number of nitrogens with zero attached hydrogens (tertiary/aromatic N) is 2. The van der Waals surface area contributed by atoms with Crippen LogP contribution in [0.3, 0.4) is 0 Å². The smallest absolute Gasteiger partial charge is 0.253 e. The van der Waals surface area contributed by atoms with E-state index in [1.165, 1.54) is 0 Å². The Morgan fingerprint density at radius 2 is 1.65 bits per heavy atom. The van der Waals surface area contributed by atoms with E-state index in [1.807, 2.05) is 40.1 Å². The van der Waals surface area contributed by atoms with Crippen LogP contribution >= 0.6 is 0 Å². The molecule has 1 aromatic rings. The Labute approximate surface area is 119 Å². The minimum Gasteiger partial charge on any atom is -0.342 e. The summed E-state index contributed by atoms with van der Waals surface area (Å²) in [5.74, 6) is 0.283. The lowest BCUT2D eigenvalue weighted by Gasteiger charge is -2.38. The quantitative estimate of drug-likeness (QED) is 0.823. The van der Waals surface area contributed by atoms with E-state index < -0.39 is 0 Å². The fourth-order valence-corrected chi connectivity index (χ4v) is 2.92. The van der Waals surface area contributed by atoms with Crippen LogP contribution in [0.4, 0.5) is 0 Å². The highest BCUT2D eigenvalue weighted by molar-refractivity contribution is 5.94. The van der Waals surface area contributed by atoms with E-state index in [1.54, 1.807) is 0 Å². The first kappa shape index (κ1) is 13.2. The van der Waals surface area contributed by atoms with Gasteiger partial charge in [0.1, 0.15) is 0 Å². The van der Waals surface area contributed by atoms with Crippen molar-refractivity contribution in [2.45, 2.75) is 19.3 Å². The normalized spacial score (nSPS) is 22.3. The molecule has 1 aromatic carbocycles. The van der Waals surface area contributed by atoms with Gasteiger partial charge in [-0.1, -0.05) is 18.2 Å². The number of carbonyl (C=O) groups is 2. The SMILES string of the molecule is O=C(c1ccccc1)N1CCCC(C(=O)N2CCC2)C1. The third-order valence-corrected chi connectivity index (χ3v) is 4.25. The van der Waals surface area contributed by atoms with Gasteiger partial charge in [-0.2, -0.15) is 0 Å². The number of amides is 2. The van der Waals surface area contributed by atoms with E-state index in [-0.39, 0.29) is 17.7 Å². The zero-order chi connectivity index (χ0) is 13.9. The van der Waals surface area contributed by atoms with E-state index in [0.29, 0.717) is 12.1 Å². The van der Waals surface area contributed by atoms with E-state index in [4.69, 9.17) is 0 Å². The zero-order valence-electron chi connectivity index (χ0n) is 11.6. The van der Waals surface area contributed by atoms with Gasteiger partial charge in [0, 0.05) is 31.7 Å². The van der Waals surface area contributed by atoms with Crippen LogP contribution < -0.4 is 0 Å². The number of carbonyl (C=O) groups excluding carboxylic acids is 2. The van der Waals surface area contributed by atoms with Gasteiger partial charge in [-0.25, -0.2) is 0 Å². The van der Waals surface area contributed by atoms with Crippen molar-refractivity contribution in [3.05, 3.63) is 35.9 Å². The molecule has 2 aliphatic rings. The van der Waals surface area contributed by atoms with Crippen LogP contribution in [0.2, 0.25) is 0 Å². The molecule has 3 rings (SSSR count). The van der Waals surface area contributed by atoms with E-state index in [2.05, 4.69) is 0 Å². The predicted octanol–water partition coefficient (Wildman–Crippen LogP) is 1.77. The summed E-state index contributed by atoms with van der Waals surface area (Å²) in [5.41, 5.74) is 0.713. The number of piperidine rings is 1. The highest BCUT2D eigenvalue weighted by Crippen LogP contribution is 2.22. The number of benzene rings is 1. The number of hydrogen-bond donors (Lipinski definition) is 0. The Balaban J connectivity index is 1.65. The molecule has 2 amide bonds. The minimum absolute atomic E-state index is 0.00304. The fraction of sp³-hybridized carbons (Fsp3) is 0.500. The van der Waals surface area contributed by atoms with Crippen LogP contribution in [-0.4, -0.2) is 47.8 Å². The molecule has 4 nitrogen and oxygen atoms in total. The second-order valence-electron chi connectivity index (χ2n) is 5.64. The topological polar surface area (TPSA) is 40.6 Å². The molecule has 0 radical (unpaired) electrons. The van der Waals surface area contributed by atoms with Gasteiger partial charge in [-0.15, -0.1) is 0 Å². The largest absolute Gasteiger partial charge is 0.342 e. The minimum atomic E-state index is -0.00304. The van der Waals surface area contributed by atoms with Crippen LogP contribution in [0.1, 0.15) is 29.6 Å². The number of likely N-dealkylation sites (tertiary alicyclic amines) is 2. The van der Waals surface area contributed by atoms with Gasteiger partial charge in [0.05, 0.1) is 5.92 Å². The van der Waals surface area contributed by atoms with Gasteiger partial charge in [0.2, 0.25) is 5.91 Å². The molecular formula is C16H20N2O2. The summed E-state index contributed by atoms with van der Waals surface area (Å²) in [5, 5.41) is 0. The van der Waals surface area contributed by atoms with Crippen molar-refractivity contribution in [3.63, 3.8) is 0 Å². The summed E-state index contributed by atoms with van der Waals surface area (Å²) in [6.45, 7) is 3.12. The molecule has 106 valence electrons. The van der Waals surface area contributed by atoms with E-state index >= 15 is 0 Å². The third kappa shape index (κ3) is 2.55. The molecule has 20 heavy (non-hydrogen) atoms. The highest BCUT2D eigenvalue weighted by Gasteiger charge is 2.33. The molecule has 0 aliphatic carbocycles. The Morgan fingerprint density at radius 3 is 2.30 bits per heavy atom. The molecule has 1 atom stereocenters. The maximum Gasteiger partial charge on any atom is 0.253 e. The molecule has 2 saturated heterocycles. The lowest BCUT2D eigenvalue weighted by atomic mass is 9.94. The summed E-state index contributed by atoms with van der Waals surface area (Å²) < 4.78 is 0. The van der Waals surface area contributed by atoms with Gasteiger partial charge in [0.15, 0.2) is 0 Å². The molecular weight excluding hydrogens is 252 g/mol. The molecule has 2 heterocycles. The first-order chi connectivity index (χ1) is 9.75. The van der Waals surface area contributed by atoms with Crippen molar-refractivity contribution in [2.75, 3.05) is 26.2 Å². The lowest BCUT2D eigenvalue weighted by molar-refractivity contribution is -0.140. The van der Waals surface area contributed by atoms with Crippen molar-refractivity contribution in [3.8, 4) is 0 Å². The maximum atomic E-state index is 12.4. The van der Waals surface area contributed by atoms with Gasteiger partial charge in [0.25, 0.3) is 5.91 Å². The van der Waals surface area contributed by atoms with Crippen LogP contribution in [0.25, 0.3) is 0 Å². The standard InChI is InChI=1S/C16H20N2O2/c19-15(13-6-2-1-3-7-13)18-9-4-8-14(12-18)16(20)17-10-5-11-17/h1-3,6-7,14H,4-5,8-12H2. The molecule has 0 aromatic heterocycles. The Kier molecular flexibility index (Phi) is 3.72. The monoisotopic (exact) mass is 272 g/mol. The highest BCUT2D eigenvalue weighted by atomic mass is 16.2. The van der Waals surface area contributed by atoms with Gasteiger partial charge >= 0.3 is 0 Å². The second kappa shape index (κ2) is 5.65. The molecule has 2 fully saturated rings. The van der Waals surface area contributed by atoms with Crippen LogP contribution in [0, 0.1) is 5.92 Å². The summed E-state index contributed by atoms with van der Waals surface area (Å²) in [4.78, 5) is 28.4. The summed E-state index contributed by atoms with van der Waals surface area (Å²) >= 11 is 0. The zero-order valence-corrected chi connectivity index (χ0v) is 11.6. The average molecular weight is 272 g/mol. The molecule has 0 saturated carbocycles. The third-order valence-electron chi connectivity index (χ3n) is 4.25. The molecule has 0 spiro atoms. The van der Waals surface area contributed by atoms with Crippen LogP contribution in [0.5, 0.6) is 0 Å². The van der Waals surface area contributed by atoms with Crippen LogP contribution in [0.15, 0.2) is 30.3 Å². The number of hydrogen-bond acceptors (Lipinski definition) is 2. The van der Waals surface area contributed by atoms with Gasteiger partial charge in [-0.05, 0) is 31.4 Å². The summed E-state index contributed by atoms with van der Waals surface area (Å²) in [7, 11) is 0. The molecule has 2 aliphatic heterocycles. The molecule has 0 bridgehead atoms. The van der Waals surface area contributed by atoms with E-state index in [9.17, 15) is 9.59 Å². The van der Waals surface area contributed by atoms with E-state index in [0.717, 1.165) is 38.9 Å². The summed E-state index contributed by atoms with van der Waals surface area (Å²) in [6, 6.07) is 9.33.